The number of rotatable bonds is 7. The Hall–Kier alpha value is -2.97. The molecule has 0 bridgehead atoms. The van der Waals surface area contributed by atoms with Gasteiger partial charge in [0.1, 0.15) is 11.5 Å². The van der Waals surface area contributed by atoms with Crippen LogP contribution in [0.2, 0.25) is 0 Å². The van der Waals surface area contributed by atoms with Crippen molar-refractivity contribution in [2.45, 2.75) is 0 Å². The van der Waals surface area contributed by atoms with Gasteiger partial charge in [-0.1, -0.05) is 50.1 Å². The van der Waals surface area contributed by atoms with Crippen LogP contribution in [0, 0.1) is 0 Å². The molecule has 8 heteroatoms. The van der Waals surface area contributed by atoms with E-state index in [1.807, 2.05) is 18.2 Å². The Balaban J connectivity index is 1.60. The summed E-state index contributed by atoms with van der Waals surface area (Å²) in [7, 11) is 0. The average Bonchev–Trinajstić information content (AvgIpc) is 2.75. The maximum Gasteiger partial charge on any atom is 0.343 e. The fourth-order valence-corrected chi connectivity index (χ4v) is 2.98. The average molecular weight is 532 g/mol. The molecule has 0 aliphatic carbocycles. The molecule has 0 radical (unpaired) electrons. The summed E-state index contributed by atoms with van der Waals surface area (Å²) in [5.41, 5.74) is 3.33. The molecule has 3 aromatic rings. The number of halogens is 2. The van der Waals surface area contributed by atoms with Gasteiger partial charge in [-0.15, -0.1) is 0 Å². The minimum Gasteiger partial charge on any atom is -0.484 e. The Kier molecular flexibility index (Phi) is 7.75. The molecule has 0 heterocycles. The van der Waals surface area contributed by atoms with Crippen molar-refractivity contribution in [3.05, 3.63) is 92.9 Å². The van der Waals surface area contributed by atoms with Crippen LogP contribution >= 0.6 is 31.9 Å². The van der Waals surface area contributed by atoms with Gasteiger partial charge in [0.25, 0.3) is 5.91 Å². The van der Waals surface area contributed by atoms with E-state index < -0.39 is 11.9 Å². The molecule has 0 atom stereocenters. The third kappa shape index (κ3) is 6.53. The SMILES string of the molecule is O=C(COc1ccc(Br)cc1)N/N=C\c1cc(Br)ccc1OC(=O)c1ccccc1. The summed E-state index contributed by atoms with van der Waals surface area (Å²) in [5, 5.41) is 3.93. The molecule has 0 fully saturated rings. The molecule has 0 aliphatic heterocycles. The molecule has 152 valence electrons. The molecular weight excluding hydrogens is 516 g/mol. The van der Waals surface area contributed by atoms with E-state index in [1.54, 1.807) is 54.6 Å². The van der Waals surface area contributed by atoms with Crippen molar-refractivity contribution < 1.29 is 19.1 Å². The zero-order chi connectivity index (χ0) is 21.3. The molecule has 0 spiro atoms. The van der Waals surface area contributed by atoms with Crippen LogP contribution in [0.5, 0.6) is 11.5 Å². The summed E-state index contributed by atoms with van der Waals surface area (Å²) in [5.74, 6) is -0.0258. The van der Waals surface area contributed by atoms with Crippen molar-refractivity contribution in [2.75, 3.05) is 6.61 Å². The second-order valence-electron chi connectivity index (χ2n) is 5.97. The number of carbonyl (C=O) groups is 2. The van der Waals surface area contributed by atoms with Crippen LogP contribution in [0.15, 0.2) is 86.8 Å². The van der Waals surface area contributed by atoms with Gasteiger partial charge in [0.15, 0.2) is 6.61 Å². The smallest absolute Gasteiger partial charge is 0.343 e. The van der Waals surface area contributed by atoms with E-state index in [9.17, 15) is 9.59 Å². The number of nitrogens with one attached hydrogen (secondary N) is 1. The lowest BCUT2D eigenvalue weighted by molar-refractivity contribution is -0.123. The Morgan fingerprint density at radius 1 is 0.933 bits per heavy atom. The van der Waals surface area contributed by atoms with E-state index in [1.165, 1.54) is 6.21 Å². The van der Waals surface area contributed by atoms with Gasteiger partial charge < -0.3 is 9.47 Å². The van der Waals surface area contributed by atoms with Crippen LogP contribution in [0.3, 0.4) is 0 Å². The van der Waals surface area contributed by atoms with Crippen LogP contribution in [0.4, 0.5) is 0 Å². The van der Waals surface area contributed by atoms with E-state index >= 15 is 0 Å². The molecule has 3 aromatic carbocycles. The van der Waals surface area contributed by atoms with Crippen molar-refractivity contribution in [2.24, 2.45) is 5.10 Å². The Labute approximate surface area is 190 Å². The lowest BCUT2D eigenvalue weighted by Gasteiger charge is -2.08. The molecule has 0 saturated heterocycles. The highest BCUT2D eigenvalue weighted by atomic mass is 79.9. The second kappa shape index (κ2) is 10.7. The summed E-state index contributed by atoms with van der Waals surface area (Å²) >= 11 is 6.70. The van der Waals surface area contributed by atoms with E-state index in [4.69, 9.17) is 9.47 Å². The van der Waals surface area contributed by atoms with Crippen molar-refractivity contribution in [1.29, 1.82) is 0 Å². The molecule has 30 heavy (non-hydrogen) atoms. The third-order valence-corrected chi connectivity index (χ3v) is 4.78. The first-order chi connectivity index (χ1) is 14.5. The number of hydrogen-bond acceptors (Lipinski definition) is 5. The number of benzene rings is 3. The normalized spacial score (nSPS) is 10.6. The fraction of sp³-hybridized carbons (Fsp3) is 0.0455. The molecule has 1 amide bonds. The molecule has 0 aliphatic rings. The van der Waals surface area contributed by atoms with Crippen LogP contribution in [-0.4, -0.2) is 24.7 Å². The fourth-order valence-electron chi connectivity index (χ4n) is 2.33. The van der Waals surface area contributed by atoms with Gasteiger partial charge in [-0.3, -0.25) is 4.79 Å². The summed E-state index contributed by atoms with van der Waals surface area (Å²) in [4.78, 5) is 24.2. The minimum absolute atomic E-state index is 0.187. The third-order valence-electron chi connectivity index (χ3n) is 3.76. The van der Waals surface area contributed by atoms with Gasteiger partial charge in [-0.05, 0) is 54.6 Å². The monoisotopic (exact) mass is 530 g/mol. The predicted octanol–water partition coefficient (Wildman–Crippen LogP) is 4.96. The van der Waals surface area contributed by atoms with E-state index in [2.05, 4.69) is 42.4 Å². The zero-order valence-corrected chi connectivity index (χ0v) is 18.7. The molecule has 0 saturated carbocycles. The van der Waals surface area contributed by atoms with Crippen LogP contribution in [-0.2, 0) is 4.79 Å². The summed E-state index contributed by atoms with van der Waals surface area (Å²) in [6, 6.07) is 20.9. The Bertz CT molecular complexity index is 1050. The first-order valence-corrected chi connectivity index (χ1v) is 10.4. The molecular formula is C22H16Br2N2O4. The van der Waals surface area contributed by atoms with Gasteiger partial charge >= 0.3 is 5.97 Å². The number of carbonyl (C=O) groups excluding carboxylic acids is 2. The van der Waals surface area contributed by atoms with Crippen LogP contribution in [0.25, 0.3) is 0 Å². The largest absolute Gasteiger partial charge is 0.484 e. The standard InChI is InChI=1S/C22H16Br2N2O4/c23-17-6-9-19(10-7-17)29-14-21(27)26-25-13-16-12-18(24)8-11-20(16)30-22(28)15-4-2-1-3-5-15/h1-13H,14H2,(H,26,27)/b25-13-. The number of ether oxygens (including phenoxy) is 2. The number of esters is 1. The van der Waals surface area contributed by atoms with Crippen LogP contribution in [0.1, 0.15) is 15.9 Å². The Morgan fingerprint density at radius 2 is 1.63 bits per heavy atom. The topological polar surface area (TPSA) is 77.0 Å². The highest BCUT2D eigenvalue weighted by molar-refractivity contribution is 9.10. The predicted molar refractivity (Wildman–Crippen MR) is 121 cm³/mol. The molecule has 1 N–H and O–H groups in total. The van der Waals surface area contributed by atoms with Crippen LogP contribution < -0.4 is 14.9 Å². The first kappa shape index (κ1) is 21.7. The number of nitrogens with zero attached hydrogens (tertiary/aromatic N) is 1. The van der Waals surface area contributed by atoms with E-state index in [-0.39, 0.29) is 6.61 Å². The van der Waals surface area contributed by atoms with Gasteiger partial charge in [0.05, 0.1) is 11.8 Å². The van der Waals surface area contributed by atoms with Crippen molar-refractivity contribution in [3.63, 3.8) is 0 Å². The number of hydrogen-bond donors (Lipinski definition) is 1. The maximum absolute atomic E-state index is 12.3. The van der Waals surface area contributed by atoms with Gasteiger partial charge in [0, 0.05) is 14.5 Å². The minimum atomic E-state index is -0.487. The summed E-state index contributed by atoms with van der Waals surface area (Å²) in [6.07, 6.45) is 1.40. The maximum atomic E-state index is 12.3. The lowest BCUT2D eigenvalue weighted by Crippen LogP contribution is -2.24. The molecule has 6 nitrogen and oxygen atoms in total. The highest BCUT2D eigenvalue weighted by Gasteiger charge is 2.11. The van der Waals surface area contributed by atoms with Crippen molar-refractivity contribution in [3.8, 4) is 11.5 Å². The quantitative estimate of drug-likeness (QED) is 0.202. The van der Waals surface area contributed by atoms with Gasteiger partial charge in [-0.25, -0.2) is 10.2 Å². The highest BCUT2D eigenvalue weighted by Crippen LogP contribution is 2.23. The Morgan fingerprint density at radius 3 is 2.37 bits per heavy atom. The second-order valence-corrected chi connectivity index (χ2v) is 7.80. The van der Waals surface area contributed by atoms with Crippen molar-refractivity contribution in [1.82, 2.24) is 5.43 Å². The van der Waals surface area contributed by atoms with Gasteiger partial charge in [-0.2, -0.15) is 5.10 Å². The molecule has 0 aromatic heterocycles. The molecule has 3 rings (SSSR count). The van der Waals surface area contributed by atoms with Crippen molar-refractivity contribution >= 4 is 50.0 Å². The zero-order valence-electron chi connectivity index (χ0n) is 15.5. The lowest BCUT2D eigenvalue weighted by atomic mass is 10.2. The first-order valence-electron chi connectivity index (χ1n) is 8.78. The molecule has 0 unspecified atom stereocenters. The van der Waals surface area contributed by atoms with E-state index in [0.29, 0.717) is 22.6 Å². The van der Waals surface area contributed by atoms with E-state index in [0.717, 1.165) is 8.95 Å². The number of hydrazone groups is 1. The summed E-state index contributed by atoms with van der Waals surface area (Å²) in [6.45, 7) is -0.187. The summed E-state index contributed by atoms with van der Waals surface area (Å²) < 4.78 is 12.5. The van der Waals surface area contributed by atoms with Gasteiger partial charge in [0.2, 0.25) is 0 Å². The number of amides is 1.